The summed E-state index contributed by atoms with van der Waals surface area (Å²) in [5.74, 6) is -0.911. The fraction of sp³-hybridized carbons (Fsp3) is 0.667. The van der Waals surface area contributed by atoms with Gasteiger partial charge in [0.2, 0.25) is 11.8 Å². The van der Waals surface area contributed by atoms with Crippen molar-refractivity contribution in [3.8, 4) is 0 Å². The number of phosphoric acid groups is 3. The molecule has 8 atom stereocenters. The highest BCUT2D eigenvalue weighted by atomic mass is 32.1. The van der Waals surface area contributed by atoms with Crippen LogP contribution >= 0.6 is 23.5 Å². The van der Waals surface area contributed by atoms with Crippen molar-refractivity contribution >= 4 is 64.9 Å². The number of ether oxygens (including phenoxy) is 1. The maximum atomic E-state index is 12.6. The van der Waals surface area contributed by atoms with Gasteiger partial charge in [-0.05, 0) is 12.6 Å². The summed E-state index contributed by atoms with van der Waals surface area (Å²) in [5.41, 5.74) is 9.76. The molecular weight excluding hydrogens is 745 g/mol. The Kier molecular flexibility index (Phi) is 14.2. The zero-order valence-corrected chi connectivity index (χ0v) is 29.2. The maximum Gasteiger partial charge on any atom is 0.481 e. The fourth-order valence-electron chi connectivity index (χ4n) is 4.25. The van der Waals surface area contributed by atoms with Crippen molar-refractivity contribution < 1.29 is 75.7 Å². The van der Waals surface area contributed by atoms with E-state index < -0.39 is 85.2 Å². The third-order valence-corrected chi connectivity index (χ3v) is 10.2. The molecule has 1 aliphatic rings. The minimum atomic E-state index is -5.57. The van der Waals surface area contributed by atoms with Crippen molar-refractivity contribution in [2.24, 2.45) is 11.1 Å². The van der Waals surface area contributed by atoms with Gasteiger partial charge >= 0.3 is 23.5 Å². The summed E-state index contributed by atoms with van der Waals surface area (Å²) in [7, 11) is -16.4. The van der Waals surface area contributed by atoms with Crippen molar-refractivity contribution in [1.82, 2.24) is 30.2 Å². The van der Waals surface area contributed by atoms with E-state index in [1.54, 1.807) is 0 Å². The Labute approximate surface area is 282 Å². The molecule has 3 rings (SSSR count). The monoisotopic (exact) mass is 783 g/mol. The van der Waals surface area contributed by atoms with Crippen molar-refractivity contribution in [1.29, 1.82) is 0 Å². The van der Waals surface area contributed by atoms with E-state index >= 15 is 0 Å². The molecule has 2 aromatic rings. The summed E-state index contributed by atoms with van der Waals surface area (Å²) in [6.07, 6.45) is -6.92. The third kappa shape index (κ3) is 11.4. The van der Waals surface area contributed by atoms with E-state index in [1.165, 1.54) is 6.92 Å². The number of phosphoric ester groups is 3. The van der Waals surface area contributed by atoms with E-state index in [0.717, 1.165) is 17.2 Å². The lowest BCUT2D eigenvalue weighted by Crippen LogP contribution is -2.51. The minimum absolute atomic E-state index is 0.0304. The number of nitrogens with two attached hydrogens (primary N) is 2. The Morgan fingerprint density at radius 1 is 1.12 bits per heavy atom. The van der Waals surface area contributed by atoms with Gasteiger partial charge in [0.15, 0.2) is 17.7 Å². The number of anilines is 1. The lowest BCUT2D eigenvalue weighted by atomic mass is 9.84. The lowest BCUT2D eigenvalue weighted by molar-refractivity contribution is -0.137. The number of hydrogen-bond donors (Lipinski definition) is 10. The van der Waals surface area contributed by atoms with Crippen LogP contribution in [-0.4, -0.2) is 124 Å². The number of aromatic nitrogens is 4. The summed E-state index contributed by atoms with van der Waals surface area (Å²) in [4.78, 5) is 74.9. The first kappa shape index (κ1) is 41.3. The molecule has 1 fully saturated rings. The van der Waals surface area contributed by atoms with Gasteiger partial charge in [-0.25, -0.2) is 28.6 Å². The molecule has 12 N–H and O–H groups in total. The van der Waals surface area contributed by atoms with Crippen LogP contribution in [-0.2, 0) is 58.5 Å². The molecule has 0 saturated carbocycles. The zero-order chi connectivity index (χ0) is 36.8. The van der Waals surface area contributed by atoms with Gasteiger partial charge in [0.05, 0.1) is 26.1 Å². The predicted octanol–water partition coefficient (Wildman–Crippen LogP) is -3.64. The zero-order valence-electron chi connectivity index (χ0n) is 25.5. The van der Waals surface area contributed by atoms with Gasteiger partial charge in [-0.1, -0.05) is 6.92 Å². The quantitative estimate of drug-likeness (QED) is 0.0485. The molecule has 0 spiro atoms. The van der Waals surface area contributed by atoms with Crippen LogP contribution in [0.1, 0.15) is 19.6 Å². The first-order valence-corrected chi connectivity index (χ1v) is 19.2. The van der Waals surface area contributed by atoms with E-state index in [-0.39, 0.29) is 35.9 Å². The molecule has 278 valence electrons. The van der Waals surface area contributed by atoms with Gasteiger partial charge < -0.3 is 56.6 Å². The highest BCUT2D eigenvalue weighted by molar-refractivity contribution is 7.61. The summed E-state index contributed by atoms with van der Waals surface area (Å²) >= 11 is 3.19. The summed E-state index contributed by atoms with van der Waals surface area (Å²) in [6, 6.07) is 0. The Balaban J connectivity index is 1.63. The molecule has 0 bridgehead atoms. The van der Waals surface area contributed by atoms with Crippen LogP contribution in [0.4, 0.5) is 5.82 Å². The van der Waals surface area contributed by atoms with Crippen LogP contribution in [0.5, 0.6) is 0 Å². The normalized spacial score (nSPS) is 24.1. The van der Waals surface area contributed by atoms with Crippen molar-refractivity contribution in [2.75, 3.05) is 44.3 Å². The number of nitrogens with one attached hydrogen (secondary N) is 2. The number of hydrogen-bond acceptors (Lipinski definition) is 17. The summed E-state index contributed by atoms with van der Waals surface area (Å²) < 4.78 is 61.9. The molecule has 0 radical (unpaired) electrons. The molecule has 2 amide bonds. The van der Waals surface area contributed by atoms with E-state index in [4.69, 9.17) is 25.3 Å². The molecule has 3 heterocycles. The van der Waals surface area contributed by atoms with E-state index in [9.17, 15) is 53.1 Å². The number of carbonyl (C=O) groups excluding carboxylic acids is 2. The van der Waals surface area contributed by atoms with Gasteiger partial charge in [-0.15, -0.1) is 0 Å². The standard InChI is InChI=1S/C21H37N8O16P3S/c1-21(7-22,16(32)19(33)25-3-2-12(30)24-4-5-49)8-42-48(39,40)45-47(37,38)41-6-11-15(44-46(34,35)36)14(31)20(43-11)29-10-28-13-17(23)26-9-27-18(13)29/h9-11,14-16,20,31-32,49H,2-8,22H2,1H3,(H,24,30)(H,25,33)(H,37,38)(H,39,40)(H2,23,26,27)(H2,34,35,36)/p+1/t11-,14-,15-,16+,20-,21+/m1/s1. The molecule has 0 aromatic carbocycles. The molecule has 2 aromatic heterocycles. The van der Waals surface area contributed by atoms with E-state index in [0.29, 0.717) is 12.3 Å². The van der Waals surface area contributed by atoms with E-state index in [2.05, 4.69) is 47.0 Å². The topological polar surface area (TPSA) is 373 Å². The summed E-state index contributed by atoms with van der Waals surface area (Å²) in [5, 5.41) is 26.2. The molecule has 49 heavy (non-hydrogen) atoms. The van der Waals surface area contributed by atoms with Gasteiger partial charge in [-0.2, -0.15) is 4.31 Å². The fourth-order valence-corrected chi connectivity index (χ4v) is 7.17. The Bertz CT molecular complexity index is 1620. The molecule has 0 aliphatic carbocycles. The van der Waals surface area contributed by atoms with Crippen LogP contribution in [0.3, 0.4) is 0 Å². The number of amides is 2. The predicted molar refractivity (Wildman–Crippen MR) is 168 cm³/mol. The number of rotatable bonds is 19. The molecule has 1 aliphatic heterocycles. The average Bonchev–Trinajstić information content (AvgIpc) is 3.57. The van der Waals surface area contributed by atoms with E-state index in [1.807, 2.05) is 0 Å². The maximum absolute atomic E-state index is 12.6. The molecular formula is C21H38N8O16P3S+. The Morgan fingerprint density at radius 2 is 1.80 bits per heavy atom. The number of nitrogens with zero attached hydrogens (tertiary/aromatic N) is 4. The number of aliphatic hydroxyl groups excluding tert-OH is 2. The number of carbonyl (C=O) groups is 2. The Morgan fingerprint density at radius 3 is 2.43 bits per heavy atom. The first-order valence-electron chi connectivity index (χ1n) is 14.0. The largest absolute Gasteiger partial charge is 0.481 e. The van der Waals surface area contributed by atoms with Crippen LogP contribution in [0.25, 0.3) is 11.2 Å². The van der Waals surface area contributed by atoms with Gasteiger partial charge in [-0.3, -0.25) is 27.7 Å². The number of aliphatic hydroxyl groups is 2. The molecule has 2 unspecified atom stereocenters. The average molecular weight is 784 g/mol. The third-order valence-electron chi connectivity index (χ3n) is 6.87. The van der Waals surface area contributed by atoms with Crippen molar-refractivity contribution in [3.63, 3.8) is 0 Å². The van der Waals surface area contributed by atoms with Crippen molar-refractivity contribution in [2.45, 2.75) is 44.0 Å². The second kappa shape index (κ2) is 16.9. The molecule has 1 saturated heterocycles. The van der Waals surface area contributed by atoms with Crippen LogP contribution in [0.2, 0.25) is 0 Å². The second-order valence-electron chi connectivity index (χ2n) is 10.7. The number of fused-ring (bicyclic) bond motifs is 1. The number of nitrogen functional groups attached to an aromatic ring is 1. The molecule has 24 nitrogen and oxygen atoms in total. The van der Waals surface area contributed by atoms with Gasteiger partial charge in [0.1, 0.15) is 42.0 Å². The minimum Gasteiger partial charge on any atom is -0.386 e. The Hall–Kier alpha value is -2.15. The molecule has 28 heteroatoms. The van der Waals surface area contributed by atoms with Crippen LogP contribution < -0.4 is 22.1 Å². The smallest absolute Gasteiger partial charge is 0.386 e. The van der Waals surface area contributed by atoms with Crippen LogP contribution in [0, 0.1) is 5.41 Å². The first-order chi connectivity index (χ1) is 22.7. The SMILES string of the molecule is C[C@](CN)(COP(=O)(O)OP(=O)(O)OC[C@H]1O[C@@H](n2cnc3c(N)ncnc32)[C@H](O)[C@@H]1OP(=O)(O)O)[C@@H](O)C(=O)NCCC(=O)NCC[SH2+]. The van der Waals surface area contributed by atoms with Crippen LogP contribution in [0.15, 0.2) is 12.7 Å². The van der Waals surface area contributed by atoms with Gasteiger partial charge in [0.25, 0.3) is 0 Å². The second-order valence-corrected chi connectivity index (χ2v) is 15.4. The number of imidazole rings is 1. The highest BCUT2D eigenvalue weighted by Gasteiger charge is 2.50. The lowest BCUT2D eigenvalue weighted by Gasteiger charge is -2.32. The van der Waals surface area contributed by atoms with Crippen molar-refractivity contribution in [3.05, 3.63) is 12.7 Å². The highest BCUT2D eigenvalue weighted by Crippen LogP contribution is 2.61. The summed E-state index contributed by atoms with van der Waals surface area (Å²) in [6.45, 7) is -1.22. The van der Waals surface area contributed by atoms with Gasteiger partial charge in [0, 0.05) is 24.9 Å².